The second-order valence-corrected chi connectivity index (χ2v) is 7.19. The molecule has 3 rings (SSSR count). The van der Waals surface area contributed by atoms with Crippen LogP contribution in [0.5, 0.6) is 0 Å². The van der Waals surface area contributed by atoms with Crippen molar-refractivity contribution in [2.75, 3.05) is 11.9 Å². The smallest absolute Gasteiger partial charge is 0.183 e. The van der Waals surface area contributed by atoms with E-state index in [4.69, 9.17) is 0 Å². The van der Waals surface area contributed by atoms with Gasteiger partial charge in [0.05, 0.1) is 6.54 Å². The van der Waals surface area contributed by atoms with Crippen molar-refractivity contribution in [2.24, 2.45) is 0 Å². The number of hydrogen-bond donors (Lipinski definition) is 1. The summed E-state index contributed by atoms with van der Waals surface area (Å²) in [5.74, 6) is 0.174. The molecule has 0 bridgehead atoms. The van der Waals surface area contributed by atoms with Gasteiger partial charge in [-0.25, -0.2) is 0 Å². The van der Waals surface area contributed by atoms with Crippen molar-refractivity contribution in [3.8, 4) is 0 Å². The summed E-state index contributed by atoms with van der Waals surface area (Å²) in [5, 5.41) is 3.32. The van der Waals surface area contributed by atoms with E-state index >= 15 is 0 Å². The third-order valence-corrected chi connectivity index (χ3v) is 5.31. The highest BCUT2D eigenvalue weighted by Gasteiger charge is 2.23. The van der Waals surface area contributed by atoms with Crippen molar-refractivity contribution in [1.82, 2.24) is 4.57 Å². The lowest BCUT2D eigenvalue weighted by Crippen LogP contribution is -2.16. The van der Waals surface area contributed by atoms with Gasteiger partial charge in [-0.3, -0.25) is 4.79 Å². The van der Waals surface area contributed by atoms with Crippen molar-refractivity contribution >= 4 is 11.5 Å². The number of carbonyl (C=O) groups is 1. The van der Waals surface area contributed by atoms with Gasteiger partial charge in [0.2, 0.25) is 0 Å². The van der Waals surface area contributed by atoms with E-state index in [0.717, 1.165) is 16.9 Å². The van der Waals surface area contributed by atoms with E-state index < -0.39 is 0 Å². The quantitative estimate of drug-likeness (QED) is 0.773. The summed E-state index contributed by atoms with van der Waals surface area (Å²) in [6.07, 6.45) is 5.09. The van der Waals surface area contributed by atoms with E-state index in [1.165, 1.54) is 42.5 Å². The highest BCUT2D eigenvalue weighted by molar-refractivity contribution is 6.00. The van der Waals surface area contributed by atoms with Crippen LogP contribution in [0.2, 0.25) is 0 Å². The van der Waals surface area contributed by atoms with Crippen LogP contribution in [0.25, 0.3) is 0 Å². The summed E-state index contributed by atoms with van der Waals surface area (Å²) in [6.45, 7) is 8.70. The molecule has 0 radical (unpaired) electrons. The normalized spacial score (nSPS) is 15.0. The monoisotopic (exact) mass is 324 g/mol. The predicted octanol–water partition coefficient (Wildman–Crippen LogP) is 5.13. The summed E-state index contributed by atoms with van der Waals surface area (Å²) < 4.78 is 2.39. The Morgan fingerprint density at radius 3 is 2.54 bits per heavy atom. The van der Waals surface area contributed by atoms with Crippen LogP contribution in [0, 0.1) is 27.7 Å². The Bertz CT molecular complexity index is 751. The molecule has 0 spiro atoms. The van der Waals surface area contributed by atoms with Crippen molar-refractivity contribution < 1.29 is 4.79 Å². The molecule has 0 saturated heterocycles. The molecule has 1 fully saturated rings. The fourth-order valence-corrected chi connectivity index (χ4v) is 3.98. The lowest BCUT2D eigenvalue weighted by atomic mass is 10.1. The number of carbonyl (C=O) groups excluding carboxylic acids is 1. The second kappa shape index (κ2) is 6.84. The summed E-state index contributed by atoms with van der Waals surface area (Å²) >= 11 is 0. The second-order valence-electron chi connectivity index (χ2n) is 7.19. The molecule has 0 amide bonds. The van der Waals surface area contributed by atoms with E-state index in [9.17, 15) is 4.79 Å². The number of aromatic nitrogens is 1. The molecule has 1 aromatic heterocycles. The van der Waals surface area contributed by atoms with Crippen LogP contribution in [0.3, 0.4) is 0 Å². The summed E-state index contributed by atoms with van der Waals surface area (Å²) in [7, 11) is 0. The predicted molar refractivity (Wildman–Crippen MR) is 100 cm³/mol. The highest BCUT2D eigenvalue weighted by atomic mass is 16.1. The molecular formula is C21H28N2O. The first-order valence-corrected chi connectivity index (χ1v) is 9.00. The molecule has 3 nitrogen and oxygen atoms in total. The average molecular weight is 324 g/mol. The minimum absolute atomic E-state index is 0.174. The summed E-state index contributed by atoms with van der Waals surface area (Å²) in [4.78, 5) is 12.7. The van der Waals surface area contributed by atoms with Gasteiger partial charge in [0, 0.05) is 28.7 Å². The largest absolute Gasteiger partial charge is 0.377 e. The fourth-order valence-electron chi connectivity index (χ4n) is 3.98. The van der Waals surface area contributed by atoms with Crippen molar-refractivity contribution in [1.29, 1.82) is 0 Å². The van der Waals surface area contributed by atoms with Gasteiger partial charge in [0.1, 0.15) is 0 Å². The number of ketones is 1. The first-order valence-electron chi connectivity index (χ1n) is 9.00. The molecule has 1 N–H and O–H groups in total. The number of aryl methyl sites for hydroxylation is 3. The maximum absolute atomic E-state index is 12.7. The van der Waals surface area contributed by atoms with E-state index in [0.29, 0.717) is 12.6 Å². The molecular weight excluding hydrogens is 296 g/mol. The third kappa shape index (κ3) is 3.26. The van der Waals surface area contributed by atoms with E-state index in [1.807, 2.05) is 0 Å². The molecule has 1 aromatic carbocycles. The van der Waals surface area contributed by atoms with Gasteiger partial charge in [0.15, 0.2) is 5.78 Å². The molecule has 1 aliphatic carbocycles. The third-order valence-electron chi connectivity index (χ3n) is 5.31. The fraction of sp³-hybridized carbons (Fsp3) is 0.476. The minimum Gasteiger partial charge on any atom is -0.377 e. The Kier molecular flexibility index (Phi) is 4.79. The SMILES string of the molecule is Cc1ccc(C)c(NCC(=O)c2cc(C)n(C3CCCC3)c2C)c1. The number of nitrogens with one attached hydrogen (secondary N) is 1. The van der Waals surface area contributed by atoms with Crippen LogP contribution >= 0.6 is 0 Å². The summed E-state index contributed by atoms with van der Waals surface area (Å²) in [5.41, 5.74) is 6.64. The number of rotatable bonds is 5. The highest BCUT2D eigenvalue weighted by Crippen LogP contribution is 2.33. The Balaban J connectivity index is 1.75. The first kappa shape index (κ1) is 16.8. The van der Waals surface area contributed by atoms with Crippen LogP contribution in [0.4, 0.5) is 5.69 Å². The van der Waals surface area contributed by atoms with Crippen LogP contribution in [0.1, 0.15) is 64.6 Å². The molecule has 0 atom stereocenters. The zero-order valence-corrected chi connectivity index (χ0v) is 15.3. The van der Waals surface area contributed by atoms with Gasteiger partial charge in [0.25, 0.3) is 0 Å². The molecule has 24 heavy (non-hydrogen) atoms. The van der Waals surface area contributed by atoms with Gasteiger partial charge in [-0.1, -0.05) is 25.0 Å². The molecule has 1 aliphatic rings. The molecule has 3 heteroatoms. The van der Waals surface area contributed by atoms with Crippen molar-refractivity contribution in [2.45, 2.75) is 59.4 Å². The molecule has 1 heterocycles. The van der Waals surface area contributed by atoms with Crippen molar-refractivity contribution in [3.05, 3.63) is 52.3 Å². The van der Waals surface area contributed by atoms with Gasteiger partial charge >= 0.3 is 0 Å². The maximum Gasteiger partial charge on any atom is 0.183 e. The molecule has 0 aliphatic heterocycles. The average Bonchev–Trinajstić information content (AvgIpc) is 3.16. The van der Waals surface area contributed by atoms with E-state index in [-0.39, 0.29) is 5.78 Å². The number of Topliss-reactive ketones (excluding diaryl/α,β-unsaturated/α-hetero) is 1. The molecule has 0 unspecified atom stereocenters. The van der Waals surface area contributed by atoms with Gasteiger partial charge in [-0.15, -0.1) is 0 Å². The van der Waals surface area contributed by atoms with Crippen molar-refractivity contribution in [3.63, 3.8) is 0 Å². The Morgan fingerprint density at radius 2 is 1.83 bits per heavy atom. The van der Waals surface area contributed by atoms with E-state index in [1.54, 1.807) is 0 Å². The van der Waals surface area contributed by atoms with Crippen LogP contribution in [-0.4, -0.2) is 16.9 Å². The lowest BCUT2D eigenvalue weighted by molar-refractivity contribution is 0.101. The number of hydrogen-bond acceptors (Lipinski definition) is 2. The van der Waals surface area contributed by atoms with Crippen LogP contribution in [0.15, 0.2) is 24.3 Å². The van der Waals surface area contributed by atoms with E-state index in [2.05, 4.69) is 61.8 Å². The Hall–Kier alpha value is -2.03. The zero-order valence-electron chi connectivity index (χ0n) is 15.3. The Morgan fingerprint density at radius 1 is 1.12 bits per heavy atom. The summed E-state index contributed by atoms with van der Waals surface area (Å²) in [6, 6.07) is 8.94. The van der Waals surface area contributed by atoms with Crippen LogP contribution < -0.4 is 5.32 Å². The molecule has 1 saturated carbocycles. The van der Waals surface area contributed by atoms with Gasteiger partial charge in [-0.2, -0.15) is 0 Å². The minimum atomic E-state index is 0.174. The zero-order chi connectivity index (χ0) is 17.3. The Labute approximate surface area is 145 Å². The molecule has 2 aromatic rings. The molecule has 128 valence electrons. The van der Waals surface area contributed by atoms with Gasteiger partial charge < -0.3 is 9.88 Å². The topological polar surface area (TPSA) is 34.0 Å². The number of anilines is 1. The lowest BCUT2D eigenvalue weighted by Gasteiger charge is -2.17. The van der Waals surface area contributed by atoms with Crippen LogP contribution in [-0.2, 0) is 0 Å². The van der Waals surface area contributed by atoms with Gasteiger partial charge in [-0.05, 0) is 63.8 Å². The standard InChI is InChI=1S/C21H28N2O/c1-14-9-10-15(2)20(11-14)22-13-21(24)19-12-16(3)23(17(19)4)18-7-5-6-8-18/h9-12,18,22H,5-8,13H2,1-4H3. The first-order chi connectivity index (χ1) is 11.5. The maximum atomic E-state index is 12.7. The number of benzene rings is 1. The number of nitrogens with zero attached hydrogens (tertiary/aromatic N) is 1.